The average Bonchev–Trinajstić information content (AvgIpc) is 3.21. The molecule has 0 spiro atoms. The van der Waals surface area contributed by atoms with Crippen LogP contribution in [0.1, 0.15) is 30.6 Å². The lowest BCUT2D eigenvalue weighted by Gasteiger charge is -2.30. The number of ether oxygens (including phenoxy) is 3. The van der Waals surface area contributed by atoms with Crippen molar-refractivity contribution in [3.63, 3.8) is 0 Å². The average molecular weight is 370 g/mol. The normalized spacial score (nSPS) is 19.4. The molecular weight excluding hydrogens is 348 g/mol. The second-order valence-electron chi connectivity index (χ2n) is 6.20. The van der Waals surface area contributed by atoms with Crippen LogP contribution in [-0.2, 0) is 14.3 Å². The molecule has 27 heavy (non-hydrogen) atoms. The molecular formula is C21H22O6. The minimum Gasteiger partial charge on any atom is -0.497 e. The van der Waals surface area contributed by atoms with E-state index in [1.54, 1.807) is 57.7 Å². The van der Waals surface area contributed by atoms with Crippen molar-refractivity contribution < 1.29 is 28.2 Å². The van der Waals surface area contributed by atoms with E-state index in [1.165, 1.54) is 6.08 Å². The summed E-state index contributed by atoms with van der Waals surface area (Å²) in [5, 5.41) is 0. The van der Waals surface area contributed by atoms with Crippen molar-refractivity contribution in [1.82, 2.24) is 0 Å². The van der Waals surface area contributed by atoms with E-state index in [-0.39, 0.29) is 12.4 Å². The quantitative estimate of drug-likeness (QED) is 0.571. The van der Waals surface area contributed by atoms with Gasteiger partial charge in [0, 0.05) is 11.5 Å². The lowest BCUT2D eigenvalue weighted by molar-refractivity contribution is -0.151. The molecule has 0 fully saturated rings. The highest BCUT2D eigenvalue weighted by Crippen LogP contribution is 2.44. The van der Waals surface area contributed by atoms with Gasteiger partial charge in [0.15, 0.2) is 5.78 Å². The number of methoxy groups -OCH3 is 2. The second kappa shape index (κ2) is 8.12. The Labute approximate surface area is 157 Å². The van der Waals surface area contributed by atoms with Gasteiger partial charge in [-0.15, -0.1) is 0 Å². The first-order valence-electron chi connectivity index (χ1n) is 8.75. The molecule has 0 unspecified atom stereocenters. The van der Waals surface area contributed by atoms with Crippen molar-refractivity contribution in [2.75, 3.05) is 20.8 Å². The summed E-state index contributed by atoms with van der Waals surface area (Å²) in [7, 11) is 3.12. The minimum atomic E-state index is -0.940. The lowest BCUT2D eigenvalue weighted by Crippen LogP contribution is -2.34. The zero-order valence-electron chi connectivity index (χ0n) is 15.6. The first kappa shape index (κ1) is 18.8. The fraction of sp³-hybridized carbons (Fsp3) is 0.333. The molecule has 2 aromatic rings. The molecule has 1 aromatic heterocycles. The van der Waals surface area contributed by atoms with E-state index in [1.807, 2.05) is 0 Å². The van der Waals surface area contributed by atoms with E-state index < -0.39 is 17.8 Å². The molecule has 6 nitrogen and oxygen atoms in total. The molecule has 1 aromatic carbocycles. The van der Waals surface area contributed by atoms with Crippen LogP contribution in [0.25, 0.3) is 5.57 Å². The SMILES string of the molecule is CCOC(=O)[C@H]1C(=O)C=C(c2ccco2)C[C@@H]1c1cc(OC)ccc1OC. The molecule has 0 amide bonds. The van der Waals surface area contributed by atoms with E-state index in [0.29, 0.717) is 23.7 Å². The number of benzene rings is 1. The van der Waals surface area contributed by atoms with Crippen LogP contribution in [0.15, 0.2) is 47.1 Å². The van der Waals surface area contributed by atoms with Crippen LogP contribution in [0.3, 0.4) is 0 Å². The number of hydrogen-bond donors (Lipinski definition) is 0. The van der Waals surface area contributed by atoms with Crippen molar-refractivity contribution in [1.29, 1.82) is 0 Å². The zero-order valence-corrected chi connectivity index (χ0v) is 15.6. The summed E-state index contributed by atoms with van der Waals surface area (Å²) in [4.78, 5) is 25.4. The van der Waals surface area contributed by atoms with Gasteiger partial charge in [-0.05, 0) is 55.3 Å². The molecule has 0 saturated heterocycles. The molecule has 1 aliphatic rings. The summed E-state index contributed by atoms with van der Waals surface area (Å²) >= 11 is 0. The number of ketones is 1. The third kappa shape index (κ3) is 3.74. The number of carbonyl (C=O) groups excluding carboxylic acids is 2. The summed E-state index contributed by atoms with van der Waals surface area (Å²) < 4.78 is 21.4. The maximum atomic E-state index is 12.9. The molecule has 0 saturated carbocycles. The van der Waals surface area contributed by atoms with Crippen LogP contribution in [-0.4, -0.2) is 32.6 Å². The van der Waals surface area contributed by atoms with Crippen LogP contribution < -0.4 is 9.47 Å². The van der Waals surface area contributed by atoms with Gasteiger partial charge in [0.1, 0.15) is 23.2 Å². The molecule has 3 rings (SSSR count). The minimum absolute atomic E-state index is 0.208. The van der Waals surface area contributed by atoms with E-state index in [9.17, 15) is 9.59 Å². The van der Waals surface area contributed by atoms with Crippen molar-refractivity contribution in [2.45, 2.75) is 19.3 Å². The van der Waals surface area contributed by atoms with E-state index in [0.717, 1.165) is 11.1 Å². The third-order valence-corrected chi connectivity index (χ3v) is 4.68. The number of hydrogen-bond acceptors (Lipinski definition) is 6. The number of furan rings is 1. The molecule has 0 radical (unpaired) electrons. The highest BCUT2D eigenvalue weighted by Gasteiger charge is 2.41. The molecule has 2 atom stereocenters. The molecule has 1 heterocycles. The smallest absolute Gasteiger partial charge is 0.317 e. The second-order valence-corrected chi connectivity index (χ2v) is 6.20. The summed E-state index contributed by atoms with van der Waals surface area (Å²) in [5.41, 5.74) is 1.46. The highest BCUT2D eigenvalue weighted by molar-refractivity contribution is 6.10. The maximum Gasteiger partial charge on any atom is 0.317 e. The Bertz CT molecular complexity index is 850. The Morgan fingerprint density at radius 2 is 2.04 bits per heavy atom. The van der Waals surface area contributed by atoms with Gasteiger partial charge in [-0.3, -0.25) is 9.59 Å². The first-order valence-corrected chi connectivity index (χ1v) is 8.75. The Kier molecular flexibility index (Phi) is 5.64. The van der Waals surface area contributed by atoms with Crippen molar-refractivity contribution in [3.8, 4) is 11.5 Å². The van der Waals surface area contributed by atoms with E-state index >= 15 is 0 Å². The maximum absolute atomic E-state index is 12.9. The Balaban J connectivity index is 2.10. The zero-order chi connectivity index (χ0) is 19.4. The molecule has 0 aliphatic heterocycles. The highest BCUT2D eigenvalue weighted by atomic mass is 16.5. The predicted molar refractivity (Wildman–Crippen MR) is 98.7 cm³/mol. The standard InChI is InChI=1S/C21H22O6/c1-4-26-21(23)20-16(15-12-14(24-2)7-8-19(15)25-3)10-13(11-17(20)22)18-6-5-9-27-18/h5-9,11-12,16,20H,4,10H2,1-3H3/t16-,20-/m1/s1. The van der Waals surface area contributed by atoms with E-state index in [2.05, 4.69) is 0 Å². The van der Waals surface area contributed by atoms with Crippen LogP contribution in [0.2, 0.25) is 0 Å². The molecule has 1 aliphatic carbocycles. The number of rotatable bonds is 6. The first-order chi connectivity index (χ1) is 13.1. The van der Waals surface area contributed by atoms with Crippen LogP contribution >= 0.6 is 0 Å². The fourth-order valence-electron chi connectivity index (χ4n) is 3.44. The van der Waals surface area contributed by atoms with Gasteiger partial charge < -0.3 is 18.6 Å². The summed E-state index contributed by atoms with van der Waals surface area (Å²) in [6, 6.07) is 8.90. The molecule has 142 valence electrons. The van der Waals surface area contributed by atoms with Gasteiger partial charge in [-0.1, -0.05) is 0 Å². The monoisotopic (exact) mass is 370 g/mol. The summed E-state index contributed by atoms with van der Waals surface area (Å²) in [6.07, 6.45) is 3.47. The van der Waals surface area contributed by atoms with Gasteiger partial charge in [0.2, 0.25) is 0 Å². The molecule has 0 bridgehead atoms. The number of esters is 1. The van der Waals surface area contributed by atoms with Gasteiger partial charge in [-0.25, -0.2) is 0 Å². The number of carbonyl (C=O) groups is 2. The van der Waals surface area contributed by atoms with E-state index in [4.69, 9.17) is 18.6 Å². The van der Waals surface area contributed by atoms with Gasteiger partial charge >= 0.3 is 5.97 Å². The van der Waals surface area contributed by atoms with Gasteiger partial charge in [0.25, 0.3) is 0 Å². The van der Waals surface area contributed by atoms with Crippen LogP contribution in [0.4, 0.5) is 0 Å². The third-order valence-electron chi connectivity index (χ3n) is 4.68. The van der Waals surface area contributed by atoms with Crippen molar-refractivity contribution in [3.05, 3.63) is 54.0 Å². The van der Waals surface area contributed by atoms with Crippen molar-refractivity contribution in [2.24, 2.45) is 5.92 Å². The summed E-state index contributed by atoms with van der Waals surface area (Å²) in [6.45, 7) is 1.93. The van der Waals surface area contributed by atoms with Crippen LogP contribution in [0, 0.1) is 5.92 Å². The molecule has 0 N–H and O–H groups in total. The largest absolute Gasteiger partial charge is 0.497 e. The van der Waals surface area contributed by atoms with Crippen molar-refractivity contribution >= 4 is 17.3 Å². The number of allylic oxidation sites excluding steroid dienone is 2. The van der Waals surface area contributed by atoms with Gasteiger partial charge in [0.05, 0.1) is 27.1 Å². The lowest BCUT2D eigenvalue weighted by atomic mass is 9.74. The Morgan fingerprint density at radius 3 is 2.67 bits per heavy atom. The Hall–Kier alpha value is -3.02. The van der Waals surface area contributed by atoms with Gasteiger partial charge in [-0.2, -0.15) is 0 Å². The topological polar surface area (TPSA) is 75.0 Å². The van der Waals surface area contributed by atoms with Crippen LogP contribution in [0.5, 0.6) is 11.5 Å². The predicted octanol–water partition coefficient (Wildman–Crippen LogP) is 3.62. The Morgan fingerprint density at radius 1 is 1.22 bits per heavy atom. The summed E-state index contributed by atoms with van der Waals surface area (Å²) in [5.74, 6) is -0.416. The molecule has 6 heteroatoms. The fourth-order valence-corrected chi connectivity index (χ4v) is 3.44.